The standard InChI is InChI=1S/C15H13ClFN3O/c1-9(2)15-19-12(16)6-13(21)20(15)8-11-5-3-4-10(7-18)14(11)17/h3-6,9H,8H2,1-2H3. The number of halogens is 2. The quantitative estimate of drug-likeness (QED) is 0.819. The van der Waals surface area contributed by atoms with Crippen molar-refractivity contribution >= 4 is 11.6 Å². The van der Waals surface area contributed by atoms with Crippen LogP contribution in [0.4, 0.5) is 4.39 Å². The highest BCUT2D eigenvalue weighted by molar-refractivity contribution is 6.29. The summed E-state index contributed by atoms with van der Waals surface area (Å²) in [5.74, 6) is -0.176. The monoisotopic (exact) mass is 305 g/mol. The molecular formula is C15H13ClFN3O. The van der Waals surface area contributed by atoms with Gasteiger partial charge in [0.15, 0.2) is 0 Å². The highest BCUT2D eigenvalue weighted by atomic mass is 35.5. The first kappa shape index (κ1) is 15.2. The van der Waals surface area contributed by atoms with Gasteiger partial charge >= 0.3 is 0 Å². The zero-order valence-electron chi connectivity index (χ0n) is 11.6. The predicted octanol–water partition coefficient (Wildman–Crippen LogP) is 3.08. The van der Waals surface area contributed by atoms with Gasteiger partial charge in [-0.05, 0) is 6.07 Å². The lowest BCUT2D eigenvalue weighted by Crippen LogP contribution is -2.26. The molecule has 0 bridgehead atoms. The lowest BCUT2D eigenvalue weighted by Gasteiger charge is -2.15. The number of nitrogens with zero attached hydrogens (tertiary/aromatic N) is 3. The second-order valence-electron chi connectivity index (χ2n) is 4.91. The van der Waals surface area contributed by atoms with E-state index in [1.165, 1.54) is 16.7 Å². The second-order valence-corrected chi connectivity index (χ2v) is 5.29. The van der Waals surface area contributed by atoms with Crippen molar-refractivity contribution in [3.63, 3.8) is 0 Å². The van der Waals surface area contributed by atoms with Gasteiger partial charge in [-0.3, -0.25) is 9.36 Å². The Bertz CT molecular complexity index is 777. The molecule has 21 heavy (non-hydrogen) atoms. The molecular weight excluding hydrogens is 293 g/mol. The Morgan fingerprint density at radius 2 is 2.19 bits per heavy atom. The van der Waals surface area contributed by atoms with Crippen molar-refractivity contribution in [2.75, 3.05) is 0 Å². The Morgan fingerprint density at radius 1 is 1.48 bits per heavy atom. The van der Waals surface area contributed by atoms with Crippen LogP contribution >= 0.6 is 11.6 Å². The Kier molecular flexibility index (Phi) is 4.39. The molecule has 0 amide bonds. The van der Waals surface area contributed by atoms with Crippen molar-refractivity contribution in [1.29, 1.82) is 5.26 Å². The first-order valence-corrected chi connectivity index (χ1v) is 6.76. The van der Waals surface area contributed by atoms with Crippen molar-refractivity contribution in [2.45, 2.75) is 26.3 Å². The molecule has 1 heterocycles. The van der Waals surface area contributed by atoms with Crippen LogP contribution in [0.25, 0.3) is 0 Å². The van der Waals surface area contributed by atoms with Crippen molar-refractivity contribution in [2.24, 2.45) is 0 Å². The summed E-state index contributed by atoms with van der Waals surface area (Å²) < 4.78 is 15.5. The number of rotatable bonds is 3. The fraction of sp³-hybridized carbons (Fsp3) is 0.267. The average Bonchev–Trinajstić information content (AvgIpc) is 2.43. The van der Waals surface area contributed by atoms with Gasteiger partial charge in [-0.25, -0.2) is 9.37 Å². The number of benzene rings is 1. The van der Waals surface area contributed by atoms with E-state index in [0.717, 1.165) is 0 Å². The number of aromatic nitrogens is 2. The van der Waals surface area contributed by atoms with Gasteiger partial charge in [0.2, 0.25) is 0 Å². The maximum absolute atomic E-state index is 14.1. The lowest BCUT2D eigenvalue weighted by molar-refractivity contribution is 0.572. The Labute approximate surface area is 126 Å². The van der Waals surface area contributed by atoms with Crippen LogP contribution in [0.5, 0.6) is 0 Å². The van der Waals surface area contributed by atoms with Gasteiger partial charge in [0.1, 0.15) is 22.9 Å². The molecule has 0 aliphatic rings. The topological polar surface area (TPSA) is 58.7 Å². The SMILES string of the molecule is CC(C)c1nc(Cl)cc(=O)n1Cc1cccc(C#N)c1F. The van der Waals surface area contributed by atoms with Gasteiger partial charge < -0.3 is 0 Å². The molecule has 2 rings (SSSR count). The minimum absolute atomic E-state index is 0.0118. The Balaban J connectivity index is 2.55. The molecule has 6 heteroatoms. The van der Waals surface area contributed by atoms with Crippen molar-refractivity contribution < 1.29 is 4.39 Å². The second kappa shape index (κ2) is 6.06. The van der Waals surface area contributed by atoms with Crippen LogP contribution in [0.2, 0.25) is 5.15 Å². The van der Waals surface area contributed by atoms with Gasteiger partial charge in [-0.1, -0.05) is 37.6 Å². The van der Waals surface area contributed by atoms with Gasteiger partial charge in [0.25, 0.3) is 5.56 Å². The molecule has 0 saturated heterocycles. The molecule has 0 aliphatic carbocycles. The summed E-state index contributed by atoms with van der Waals surface area (Å²) in [6.07, 6.45) is 0. The van der Waals surface area contributed by atoms with Gasteiger partial charge in [-0.2, -0.15) is 5.26 Å². The van der Waals surface area contributed by atoms with E-state index in [2.05, 4.69) is 4.98 Å². The minimum Gasteiger partial charge on any atom is -0.292 e. The highest BCUT2D eigenvalue weighted by Gasteiger charge is 2.14. The third kappa shape index (κ3) is 3.11. The van der Waals surface area contributed by atoms with Crippen molar-refractivity contribution in [3.8, 4) is 6.07 Å². The summed E-state index contributed by atoms with van der Waals surface area (Å²) in [4.78, 5) is 16.2. The molecule has 1 aromatic heterocycles. The first-order valence-electron chi connectivity index (χ1n) is 6.38. The Morgan fingerprint density at radius 3 is 2.81 bits per heavy atom. The van der Waals surface area contributed by atoms with Crippen LogP contribution < -0.4 is 5.56 Å². The highest BCUT2D eigenvalue weighted by Crippen LogP contribution is 2.17. The van der Waals surface area contributed by atoms with E-state index in [9.17, 15) is 9.18 Å². The van der Waals surface area contributed by atoms with Gasteiger partial charge in [0, 0.05) is 17.5 Å². The van der Waals surface area contributed by atoms with E-state index in [0.29, 0.717) is 5.82 Å². The van der Waals surface area contributed by atoms with Crippen LogP contribution in [-0.2, 0) is 6.54 Å². The summed E-state index contributed by atoms with van der Waals surface area (Å²) in [5, 5.41) is 8.97. The largest absolute Gasteiger partial charge is 0.292 e. The van der Waals surface area contributed by atoms with E-state index in [-0.39, 0.29) is 34.3 Å². The van der Waals surface area contributed by atoms with E-state index in [1.54, 1.807) is 18.2 Å². The van der Waals surface area contributed by atoms with E-state index < -0.39 is 5.82 Å². The lowest BCUT2D eigenvalue weighted by atomic mass is 10.1. The summed E-state index contributed by atoms with van der Waals surface area (Å²) >= 11 is 5.81. The van der Waals surface area contributed by atoms with E-state index >= 15 is 0 Å². The number of hydrogen-bond donors (Lipinski definition) is 0. The average molecular weight is 306 g/mol. The zero-order valence-corrected chi connectivity index (χ0v) is 12.4. The molecule has 0 radical (unpaired) electrons. The van der Waals surface area contributed by atoms with Crippen LogP contribution in [0.15, 0.2) is 29.1 Å². The zero-order chi connectivity index (χ0) is 15.6. The van der Waals surface area contributed by atoms with Crippen LogP contribution in [0.3, 0.4) is 0 Å². The smallest absolute Gasteiger partial charge is 0.255 e. The summed E-state index contributed by atoms with van der Waals surface area (Å²) in [6.45, 7) is 3.76. The minimum atomic E-state index is -0.614. The normalized spacial score (nSPS) is 10.7. The van der Waals surface area contributed by atoms with Gasteiger partial charge in [0.05, 0.1) is 12.1 Å². The Hall–Kier alpha value is -2.19. The molecule has 108 valence electrons. The van der Waals surface area contributed by atoms with Crippen LogP contribution in [0.1, 0.15) is 36.7 Å². The molecule has 2 aromatic rings. The molecule has 0 saturated carbocycles. The summed E-state index contributed by atoms with van der Waals surface area (Å²) in [7, 11) is 0. The molecule has 0 unspecified atom stereocenters. The molecule has 1 aromatic carbocycles. The fourth-order valence-electron chi connectivity index (χ4n) is 2.05. The molecule has 0 atom stereocenters. The molecule has 0 fully saturated rings. The summed E-state index contributed by atoms with van der Waals surface area (Å²) in [6, 6.07) is 7.50. The predicted molar refractivity (Wildman–Crippen MR) is 77.8 cm³/mol. The first-order chi connectivity index (χ1) is 9.93. The fourth-order valence-corrected chi connectivity index (χ4v) is 2.23. The van der Waals surface area contributed by atoms with Crippen molar-refractivity contribution in [1.82, 2.24) is 9.55 Å². The van der Waals surface area contributed by atoms with Crippen molar-refractivity contribution in [3.05, 3.63) is 62.5 Å². The number of hydrogen-bond acceptors (Lipinski definition) is 3. The van der Waals surface area contributed by atoms with Crippen LogP contribution in [0, 0.1) is 17.1 Å². The van der Waals surface area contributed by atoms with E-state index in [4.69, 9.17) is 16.9 Å². The van der Waals surface area contributed by atoms with E-state index in [1.807, 2.05) is 13.8 Å². The number of nitriles is 1. The maximum atomic E-state index is 14.1. The molecule has 0 spiro atoms. The third-order valence-electron chi connectivity index (χ3n) is 3.05. The third-order valence-corrected chi connectivity index (χ3v) is 3.24. The summed E-state index contributed by atoms with van der Waals surface area (Å²) in [5.41, 5.74) is -0.129. The maximum Gasteiger partial charge on any atom is 0.255 e. The molecule has 0 N–H and O–H groups in total. The van der Waals surface area contributed by atoms with Crippen LogP contribution in [-0.4, -0.2) is 9.55 Å². The molecule has 0 aliphatic heterocycles. The molecule has 4 nitrogen and oxygen atoms in total. The van der Waals surface area contributed by atoms with Gasteiger partial charge in [-0.15, -0.1) is 0 Å².